The van der Waals surface area contributed by atoms with E-state index in [0.29, 0.717) is 11.1 Å². The Morgan fingerprint density at radius 2 is 2.27 bits per heavy atom. The molecule has 0 amide bonds. The van der Waals surface area contributed by atoms with Crippen LogP contribution in [0.3, 0.4) is 0 Å². The predicted octanol–water partition coefficient (Wildman–Crippen LogP) is 1.83. The Labute approximate surface area is 91.8 Å². The number of aromatic amines is 1. The maximum absolute atomic E-state index is 5.95. The number of H-pyrrole nitrogens is 1. The number of fused-ring (bicyclic) bond motifs is 1. The van der Waals surface area contributed by atoms with E-state index < -0.39 is 0 Å². The summed E-state index contributed by atoms with van der Waals surface area (Å²) >= 11 is 5.95. The van der Waals surface area contributed by atoms with Crippen LogP contribution in [0.2, 0.25) is 5.15 Å². The summed E-state index contributed by atoms with van der Waals surface area (Å²) in [4.78, 5) is 17.1. The van der Waals surface area contributed by atoms with Crippen molar-refractivity contribution in [2.24, 2.45) is 4.99 Å². The van der Waals surface area contributed by atoms with E-state index in [4.69, 9.17) is 11.6 Å². The van der Waals surface area contributed by atoms with Gasteiger partial charge in [-0.25, -0.2) is 9.98 Å². The zero-order valence-electron chi connectivity index (χ0n) is 8.40. The molecule has 78 valence electrons. The maximum atomic E-state index is 5.95. The average Bonchev–Trinajstić information content (AvgIpc) is 2.63. The first-order valence-corrected chi connectivity index (χ1v) is 4.76. The van der Waals surface area contributed by atoms with E-state index in [2.05, 4.69) is 19.9 Å². The highest BCUT2D eigenvalue weighted by Crippen LogP contribution is 2.20. The third-order valence-electron chi connectivity index (χ3n) is 1.75. The average molecular weight is 224 g/mol. The number of nitrogens with zero attached hydrogens (tertiary/aromatic N) is 4. The second kappa shape index (κ2) is 3.86. The molecule has 0 unspecified atom stereocenters. The molecule has 0 saturated carbocycles. The van der Waals surface area contributed by atoms with Crippen LogP contribution < -0.4 is 0 Å². The van der Waals surface area contributed by atoms with Crippen molar-refractivity contribution in [2.75, 3.05) is 14.1 Å². The molecule has 5 nitrogen and oxygen atoms in total. The van der Waals surface area contributed by atoms with Crippen molar-refractivity contribution in [1.29, 1.82) is 0 Å². The van der Waals surface area contributed by atoms with Crippen molar-refractivity contribution in [3.05, 3.63) is 17.4 Å². The fourth-order valence-electron chi connectivity index (χ4n) is 1.12. The van der Waals surface area contributed by atoms with Crippen LogP contribution in [0.4, 0.5) is 5.95 Å². The van der Waals surface area contributed by atoms with E-state index in [1.165, 1.54) is 0 Å². The molecule has 0 aliphatic rings. The van der Waals surface area contributed by atoms with Gasteiger partial charge in [-0.2, -0.15) is 4.98 Å². The van der Waals surface area contributed by atoms with Crippen LogP contribution in [0.1, 0.15) is 0 Å². The number of hydrogen-bond acceptors (Lipinski definition) is 3. The van der Waals surface area contributed by atoms with Crippen LogP contribution in [0, 0.1) is 0 Å². The molecule has 2 rings (SSSR count). The zero-order valence-corrected chi connectivity index (χ0v) is 9.15. The van der Waals surface area contributed by atoms with Crippen LogP contribution >= 0.6 is 11.6 Å². The van der Waals surface area contributed by atoms with Crippen molar-refractivity contribution < 1.29 is 0 Å². The summed E-state index contributed by atoms with van der Waals surface area (Å²) in [6.07, 6.45) is 3.40. The third kappa shape index (κ3) is 2.07. The standard InChI is InChI=1S/C9H10ClN5/c1-15(2)5-12-9-13-6-3-4-11-7(6)8(10)14-9/h3-5,11H,1-2H3/b12-5+. The number of nitrogens with one attached hydrogen (secondary N) is 1. The summed E-state index contributed by atoms with van der Waals surface area (Å²) in [5, 5.41) is 0.385. The molecular weight excluding hydrogens is 214 g/mol. The minimum Gasteiger partial charge on any atom is -0.369 e. The van der Waals surface area contributed by atoms with Crippen LogP contribution in [-0.4, -0.2) is 40.3 Å². The molecule has 2 heterocycles. The first-order valence-electron chi connectivity index (χ1n) is 4.38. The topological polar surface area (TPSA) is 57.2 Å². The van der Waals surface area contributed by atoms with E-state index in [1.54, 1.807) is 17.4 Å². The molecule has 0 aliphatic carbocycles. The molecule has 0 radical (unpaired) electrons. The molecule has 6 heteroatoms. The highest BCUT2D eigenvalue weighted by molar-refractivity contribution is 6.33. The lowest BCUT2D eigenvalue weighted by Gasteiger charge is -2.01. The summed E-state index contributed by atoms with van der Waals surface area (Å²) < 4.78 is 0. The predicted molar refractivity (Wildman–Crippen MR) is 60.7 cm³/mol. The van der Waals surface area contributed by atoms with Gasteiger partial charge in [-0.15, -0.1) is 0 Å². The number of halogens is 1. The van der Waals surface area contributed by atoms with Gasteiger partial charge in [-0.05, 0) is 6.07 Å². The van der Waals surface area contributed by atoms with Crippen LogP contribution in [0.15, 0.2) is 17.3 Å². The van der Waals surface area contributed by atoms with Crippen molar-refractivity contribution in [1.82, 2.24) is 19.9 Å². The highest BCUT2D eigenvalue weighted by Gasteiger charge is 2.04. The number of aromatic nitrogens is 3. The number of rotatable bonds is 2. The normalized spacial score (nSPS) is 11.4. The van der Waals surface area contributed by atoms with Gasteiger partial charge < -0.3 is 9.88 Å². The van der Waals surface area contributed by atoms with E-state index >= 15 is 0 Å². The molecule has 0 spiro atoms. The molecule has 15 heavy (non-hydrogen) atoms. The third-order valence-corrected chi connectivity index (χ3v) is 2.03. The first kappa shape index (κ1) is 9.92. The molecule has 0 fully saturated rings. The van der Waals surface area contributed by atoms with Gasteiger partial charge in [0.25, 0.3) is 5.95 Å². The van der Waals surface area contributed by atoms with Gasteiger partial charge in [0.2, 0.25) is 0 Å². The van der Waals surface area contributed by atoms with E-state index in [9.17, 15) is 0 Å². The van der Waals surface area contributed by atoms with Gasteiger partial charge in [0.15, 0.2) is 5.15 Å². The summed E-state index contributed by atoms with van der Waals surface area (Å²) in [5.74, 6) is 0.362. The maximum Gasteiger partial charge on any atom is 0.252 e. The van der Waals surface area contributed by atoms with Gasteiger partial charge in [-0.1, -0.05) is 11.6 Å². The monoisotopic (exact) mass is 223 g/mol. The Balaban J connectivity index is 2.45. The smallest absolute Gasteiger partial charge is 0.252 e. The molecule has 0 saturated heterocycles. The van der Waals surface area contributed by atoms with Gasteiger partial charge in [-0.3, -0.25) is 0 Å². The quantitative estimate of drug-likeness (QED) is 0.480. The van der Waals surface area contributed by atoms with E-state index in [-0.39, 0.29) is 0 Å². The van der Waals surface area contributed by atoms with E-state index in [1.807, 2.05) is 20.2 Å². The van der Waals surface area contributed by atoms with Gasteiger partial charge in [0, 0.05) is 20.3 Å². The van der Waals surface area contributed by atoms with Crippen molar-refractivity contribution in [2.45, 2.75) is 0 Å². The zero-order chi connectivity index (χ0) is 10.8. The van der Waals surface area contributed by atoms with Crippen molar-refractivity contribution >= 4 is 34.9 Å². The van der Waals surface area contributed by atoms with Crippen molar-refractivity contribution in [3.63, 3.8) is 0 Å². The highest BCUT2D eigenvalue weighted by atomic mass is 35.5. The van der Waals surface area contributed by atoms with Crippen LogP contribution in [0.25, 0.3) is 11.0 Å². The lowest BCUT2D eigenvalue weighted by molar-refractivity contribution is 0.642. The Hall–Kier alpha value is -1.62. The minimum atomic E-state index is 0.362. The Kier molecular flexibility index (Phi) is 2.55. The minimum absolute atomic E-state index is 0.362. The van der Waals surface area contributed by atoms with E-state index in [0.717, 1.165) is 11.0 Å². The molecular formula is C9H10ClN5. The summed E-state index contributed by atoms with van der Waals surface area (Å²) in [7, 11) is 3.75. The van der Waals surface area contributed by atoms with Gasteiger partial charge >= 0.3 is 0 Å². The Morgan fingerprint density at radius 1 is 1.47 bits per heavy atom. The molecule has 0 aliphatic heterocycles. The number of hydrogen-bond donors (Lipinski definition) is 1. The lowest BCUT2D eigenvalue weighted by Crippen LogP contribution is -2.07. The fourth-order valence-corrected chi connectivity index (χ4v) is 1.35. The van der Waals surface area contributed by atoms with Crippen LogP contribution in [0.5, 0.6) is 0 Å². The van der Waals surface area contributed by atoms with Gasteiger partial charge in [0.05, 0.1) is 11.9 Å². The second-order valence-electron chi connectivity index (χ2n) is 3.26. The second-order valence-corrected chi connectivity index (χ2v) is 3.62. The van der Waals surface area contributed by atoms with Gasteiger partial charge in [0.1, 0.15) is 5.52 Å². The summed E-state index contributed by atoms with van der Waals surface area (Å²) in [6, 6.07) is 1.83. The Morgan fingerprint density at radius 3 is 3.00 bits per heavy atom. The fraction of sp³-hybridized carbons (Fsp3) is 0.222. The largest absolute Gasteiger partial charge is 0.369 e. The first-order chi connectivity index (χ1) is 7.16. The molecule has 0 bridgehead atoms. The summed E-state index contributed by atoms with van der Waals surface area (Å²) in [5.41, 5.74) is 1.50. The Bertz CT molecular complexity index is 502. The molecule has 2 aromatic rings. The molecule has 0 atom stereocenters. The molecule has 0 aromatic carbocycles. The lowest BCUT2D eigenvalue weighted by atomic mass is 10.5. The number of aliphatic imine (C=N–C) groups is 1. The SMILES string of the molecule is CN(C)/C=N/c1nc(Cl)c2[nH]ccc2n1. The van der Waals surface area contributed by atoms with Crippen molar-refractivity contribution in [3.8, 4) is 0 Å². The molecule has 1 N–H and O–H groups in total. The van der Waals surface area contributed by atoms with Crippen LogP contribution in [-0.2, 0) is 0 Å². The summed E-state index contributed by atoms with van der Waals surface area (Å²) in [6.45, 7) is 0. The molecule has 2 aromatic heterocycles.